The van der Waals surface area contributed by atoms with Gasteiger partial charge in [-0.05, 0) is 17.5 Å². The van der Waals surface area contributed by atoms with Crippen LogP contribution < -0.4 is 5.56 Å². The van der Waals surface area contributed by atoms with Gasteiger partial charge in [0.25, 0.3) is 5.56 Å². The van der Waals surface area contributed by atoms with Crippen LogP contribution in [0.5, 0.6) is 0 Å². The van der Waals surface area contributed by atoms with Crippen LogP contribution in [0, 0.1) is 17.5 Å². The molecule has 0 saturated heterocycles. The highest BCUT2D eigenvalue weighted by Crippen LogP contribution is 2.44. The summed E-state index contributed by atoms with van der Waals surface area (Å²) in [4.78, 5) is 16.0. The maximum Gasteiger partial charge on any atom is 0.274 e. The number of aromatic amines is 1. The largest absolute Gasteiger partial charge is 0.339 e. The van der Waals surface area contributed by atoms with Gasteiger partial charge in [0.2, 0.25) is 3.79 Å². The van der Waals surface area contributed by atoms with Crippen molar-refractivity contribution in [3.05, 3.63) is 69.2 Å². The number of thiophene rings is 1. The van der Waals surface area contributed by atoms with Crippen molar-refractivity contribution in [1.82, 2.24) is 14.6 Å². The third kappa shape index (κ3) is 3.20. The summed E-state index contributed by atoms with van der Waals surface area (Å²) in [5.74, 6) is -3.64. The number of benzene rings is 1. The van der Waals surface area contributed by atoms with Crippen LogP contribution >= 0.6 is 46.1 Å². The Bertz CT molecular complexity index is 1260. The first-order valence-electron chi connectivity index (χ1n) is 7.59. The molecule has 144 valence electrons. The number of halogens is 6. The summed E-state index contributed by atoms with van der Waals surface area (Å²) >= 11 is 19.4. The topological polar surface area (TPSA) is 50.2 Å². The van der Waals surface area contributed by atoms with Crippen LogP contribution in [-0.2, 0) is 3.79 Å². The lowest BCUT2D eigenvalue weighted by Gasteiger charge is -2.09. The van der Waals surface area contributed by atoms with Crippen molar-refractivity contribution in [2.24, 2.45) is 0 Å². The lowest BCUT2D eigenvalue weighted by molar-refractivity contribution is 0.496. The number of H-pyrrole nitrogens is 1. The zero-order chi connectivity index (χ0) is 20.2. The number of hydrogen-bond donors (Lipinski definition) is 1. The summed E-state index contributed by atoms with van der Waals surface area (Å²) in [6, 6.07) is 5.53. The molecule has 0 amide bonds. The van der Waals surface area contributed by atoms with Crippen LogP contribution in [-0.4, -0.2) is 14.6 Å². The molecule has 4 nitrogen and oxygen atoms in total. The molecule has 0 aliphatic heterocycles. The van der Waals surface area contributed by atoms with E-state index < -0.39 is 26.8 Å². The Morgan fingerprint density at radius 3 is 2.43 bits per heavy atom. The van der Waals surface area contributed by atoms with Gasteiger partial charge < -0.3 is 4.98 Å². The molecule has 0 radical (unpaired) electrons. The van der Waals surface area contributed by atoms with E-state index in [1.807, 2.05) is 0 Å². The predicted molar refractivity (Wildman–Crippen MR) is 104 cm³/mol. The van der Waals surface area contributed by atoms with Gasteiger partial charge >= 0.3 is 0 Å². The fourth-order valence-corrected chi connectivity index (χ4v) is 3.94. The monoisotopic (exact) mass is 463 g/mol. The standard InChI is InChI=1S/C17H7Cl3F3N3OS/c18-17(19,20)15-14(12-2-1-3-28-12)16-24-11(6-13(27)26(16)25-15)7-4-9(22)10(23)5-8(7)21/h1-6,24H. The molecule has 0 saturated carbocycles. The predicted octanol–water partition coefficient (Wildman–Crippen LogP) is 5.66. The van der Waals surface area contributed by atoms with E-state index in [4.69, 9.17) is 34.8 Å². The molecule has 0 fully saturated rings. The molecular formula is C17H7Cl3F3N3OS. The minimum atomic E-state index is -1.95. The van der Waals surface area contributed by atoms with Gasteiger partial charge in [-0.3, -0.25) is 4.79 Å². The Morgan fingerprint density at radius 1 is 1.07 bits per heavy atom. The van der Waals surface area contributed by atoms with Crippen molar-refractivity contribution in [3.8, 4) is 21.7 Å². The molecule has 0 atom stereocenters. The second-order valence-electron chi connectivity index (χ2n) is 5.73. The van der Waals surface area contributed by atoms with Gasteiger partial charge in [0, 0.05) is 22.6 Å². The normalized spacial score (nSPS) is 12.1. The van der Waals surface area contributed by atoms with Crippen molar-refractivity contribution in [2.75, 3.05) is 0 Å². The van der Waals surface area contributed by atoms with Crippen LogP contribution in [0.2, 0.25) is 0 Å². The first-order valence-corrected chi connectivity index (χ1v) is 9.60. The molecule has 0 bridgehead atoms. The zero-order valence-corrected chi connectivity index (χ0v) is 16.5. The first-order chi connectivity index (χ1) is 13.2. The lowest BCUT2D eigenvalue weighted by atomic mass is 10.1. The Morgan fingerprint density at radius 2 is 1.79 bits per heavy atom. The second kappa shape index (κ2) is 6.81. The molecule has 0 aliphatic rings. The summed E-state index contributed by atoms with van der Waals surface area (Å²) in [7, 11) is 0. The van der Waals surface area contributed by atoms with Gasteiger partial charge in [-0.1, -0.05) is 40.9 Å². The molecule has 3 aromatic heterocycles. The number of nitrogens with one attached hydrogen (secondary N) is 1. The molecule has 4 rings (SSSR count). The van der Waals surface area contributed by atoms with E-state index >= 15 is 0 Å². The Kier molecular flexibility index (Phi) is 4.70. The third-order valence-electron chi connectivity index (χ3n) is 3.95. The van der Waals surface area contributed by atoms with Gasteiger partial charge in [0.1, 0.15) is 17.2 Å². The number of rotatable bonds is 2. The maximum atomic E-state index is 14.2. The quantitative estimate of drug-likeness (QED) is 0.307. The van der Waals surface area contributed by atoms with E-state index in [2.05, 4.69) is 10.1 Å². The fourth-order valence-electron chi connectivity index (χ4n) is 2.77. The summed E-state index contributed by atoms with van der Waals surface area (Å²) < 4.78 is 40.1. The second-order valence-corrected chi connectivity index (χ2v) is 8.96. The van der Waals surface area contributed by atoms with Crippen molar-refractivity contribution in [3.63, 3.8) is 0 Å². The Balaban J connectivity index is 2.08. The number of fused-ring (bicyclic) bond motifs is 1. The number of aromatic nitrogens is 3. The van der Waals surface area contributed by atoms with Gasteiger partial charge in [0.15, 0.2) is 11.6 Å². The summed E-state index contributed by atoms with van der Waals surface area (Å²) in [6.45, 7) is 0. The highest BCUT2D eigenvalue weighted by Gasteiger charge is 2.33. The van der Waals surface area contributed by atoms with Crippen LogP contribution in [0.4, 0.5) is 13.2 Å². The van der Waals surface area contributed by atoms with Crippen molar-refractivity contribution >= 4 is 51.8 Å². The molecule has 1 aromatic carbocycles. The third-order valence-corrected chi connectivity index (χ3v) is 5.38. The van der Waals surface area contributed by atoms with Gasteiger partial charge in [-0.15, -0.1) is 11.3 Å². The van der Waals surface area contributed by atoms with Crippen LogP contribution in [0.25, 0.3) is 27.3 Å². The van der Waals surface area contributed by atoms with E-state index in [0.717, 1.165) is 10.6 Å². The highest BCUT2D eigenvalue weighted by atomic mass is 35.6. The van der Waals surface area contributed by atoms with E-state index in [-0.39, 0.29) is 22.6 Å². The Labute approximate surface area is 174 Å². The summed E-state index contributed by atoms with van der Waals surface area (Å²) in [5, 5.41) is 5.86. The van der Waals surface area contributed by atoms with Crippen molar-refractivity contribution in [2.45, 2.75) is 3.79 Å². The smallest absolute Gasteiger partial charge is 0.274 e. The van der Waals surface area contributed by atoms with E-state index in [0.29, 0.717) is 22.6 Å². The molecule has 3 heterocycles. The average molecular weight is 465 g/mol. The van der Waals surface area contributed by atoms with Gasteiger partial charge in [-0.2, -0.15) is 9.61 Å². The van der Waals surface area contributed by atoms with Crippen LogP contribution in [0.15, 0.2) is 40.5 Å². The first kappa shape index (κ1) is 19.3. The molecule has 0 spiro atoms. The minimum absolute atomic E-state index is 0.00351. The number of hydrogen-bond acceptors (Lipinski definition) is 3. The van der Waals surface area contributed by atoms with E-state index in [1.165, 1.54) is 11.3 Å². The lowest BCUT2D eigenvalue weighted by Crippen LogP contribution is -2.15. The van der Waals surface area contributed by atoms with Crippen molar-refractivity contribution < 1.29 is 13.2 Å². The Hall–Kier alpha value is -2.00. The molecule has 0 unspecified atom stereocenters. The molecule has 28 heavy (non-hydrogen) atoms. The molecule has 1 N–H and O–H groups in total. The van der Waals surface area contributed by atoms with Crippen molar-refractivity contribution in [1.29, 1.82) is 0 Å². The van der Waals surface area contributed by atoms with Crippen LogP contribution in [0.3, 0.4) is 0 Å². The molecule has 11 heteroatoms. The minimum Gasteiger partial charge on any atom is -0.339 e. The summed E-state index contributed by atoms with van der Waals surface area (Å²) in [5.41, 5.74) is -0.635. The van der Waals surface area contributed by atoms with E-state index in [9.17, 15) is 18.0 Å². The van der Waals surface area contributed by atoms with Gasteiger partial charge in [-0.25, -0.2) is 13.2 Å². The number of nitrogens with zero attached hydrogens (tertiary/aromatic N) is 2. The maximum absolute atomic E-state index is 14.2. The average Bonchev–Trinajstić information content (AvgIpc) is 3.24. The SMILES string of the molecule is O=c1cc(-c2cc(F)c(F)cc2F)[nH]c2c(-c3cccs3)c(C(Cl)(Cl)Cl)nn12. The highest BCUT2D eigenvalue weighted by molar-refractivity contribution is 7.13. The van der Waals surface area contributed by atoms with Gasteiger partial charge in [0.05, 0.1) is 11.3 Å². The zero-order valence-electron chi connectivity index (χ0n) is 13.4. The number of alkyl halides is 3. The molecule has 0 aliphatic carbocycles. The fraction of sp³-hybridized carbons (Fsp3) is 0.0588. The van der Waals surface area contributed by atoms with Crippen LogP contribution in [0.1, 0.15) is 5.69 Å². The molecular weight excluding hydrogens is 458 g/mol. The van der Waals surface area contributed by atoms with E-state index in [1.54, 1.807) is 17.5 Å². The summed E-state index contributed by atoms with van der Waals surface area (Å²) in [6.07, 6.45) is 0. The molecule has 4 aromatic rings.